The number of nitrogens with zero attached hydrogens (tertiary/aromatic N) is 3. The third kappa shape index (κ3) is 12.4. The maximum absolute atomic E-state index is 13.8. The Bertz CT molecular complexity index is 1580. The predicted molar refractivity (Wildman–Crippen MR) is 192 cm³/mol. The molecule has 2 aromatic carbocycles. The van der Waals surface area contributed by atoms with Gasteiger partial charge in [0, 0.05) is 36.1 Å². The zero-order chi connectivity index (χ0) is 35.2. The van der Waals surface area contributed by atoms with Gasteiger partial charge in [0.15, 0.2) is 0 Å². The number of rotatable bonds is 17. The van der Waals surface area contributed by atoms with Crippen molar-refractivity contribution in [3.05, 3.63) is 106 Å². The summed E-state index contributed by atoms with van der Waals surface area (Å²) < 4.78 is 5.45. The molecule has 4 amide bonds. The van der Waals surface area contributed by atoms with Gasteiger partial charge in [0.05, 0.1) is 29.8 Å². The van der Waals surface area contributed by atoms with Gasteiger partial charge in [0.25, 0.3) is 0 Å². The third-order valence-electron chi connectivity index (χ3n) is 8.13. The Hall–Kier alpha value is -4.71. The van der Waals surface area contributed by atoms with Crippen LogP contribution in [-0.4, -0.2) is 63.1 Å². The van der Waals surface area contributed by atoms with Crippen LogP contribution in [0, 0.1) is 5.92 Å². The van der Waals surface area contributed by atoms with E-state index in [-0.39, 0.29) is 36.5 Å². The Morgan fingerprint density at radius 1 is 0.857 bits per heavy atom. The Morgan fingerprint density at radius 2 is 1.47 bits per heavy atom. The Labute approximate surface area is 293 Å². The van der Waals surface area contributed by atoms with Crippen LogP contribution in [0.2, 0.25) is 0 Å². The minimum atomic E-state index is -0.739. The summed E-state index contributed by atoms with van der Waals surface area (Å²) in [5.41, 5.74) is 2.85. The van der Waals surface area contributed by atoms with Crippen molar-refractivity contribution in [2.24, 2.45) is 5.92 Å². The normalized spacial score (nSPS) is 13.0. The summed E-state index contributed by atoms with van der Waals surface area (Å²) in [6, 6.07) is 18.4. The number of imidazole rings is 1. The Balaban J connectivity index is 1.43. The van der Waals surface area contributed by atoms with E-state index in [1.807, 2.05) is 80.7 Å². The average molecular weight is 688 g/mol. The van der Waals surface area contributed by atoms with E-state index in [4.69, 9.17) is 4.74 Å². The second-order valence-corrected chi connectivity index (χ2v) is 14.2. The lowest BCUT2D eigenvalue weighted by Gasteiger charge is -2.28. The lowest BCUT2D eigenvalue weighted by molar-refractivity contribution is -0.124. The van der Waals surface area contributed by atoms with Crippen molar-refractivity contribution in [1.82, 2.24) is 35.8 Å². The fraction of sp³-hybridized carbons (Fsp3) is 0.432. The van der Waals surface area contributed by atoms with Crippen molar-refractivity contribution in [3.63, 3.8) is 0 Å². The van der Waals surface area contributed by atoms with E-state index in [0.717, 1.165) is 21.0 Å². The molecule has 0 fully saturated rings. The highest BCUT2D eigenvalue weighted by atomic mass is 32.1. The Morgan fingerprint density at radius 3 is 2.00 bits per heavy atom. The van der Waals surface area contributed by atoms with Crippen molar-refractivity contribution in [3.8, 4) is 0 Å². The van der Waals surface area contributed by atoms with Crippen LogP contribution in [-0.2, 0) is 35.5 Å². The highest BCUT2D eigenvalue weighted by Gasteiger charge is 2.28. The van der Waals surface area contributed by atoms with E-state index in [1.165, 1.54) is 6.33 Å². The molecule has 0 aliphatic rings. The molecule has 0 unspecified atom stereocenters. The largest absolute Gasteiger partial charge is 0.443 e. The first kappa shape index (κ1) is 37.1. The minimum Gasteiger partial charge on any atom is -0.443 e. The molecule has 2 heterocycles. The summed E-state index contributed by atoms with van der Waals surface area (Å²) in [6.45, 7) is 8.51. The van der Waals surface area contributed by atoms with E-state index in [9.17, 15) is 14.4 Å². The lowest BCUT2D eigenvalue weighted by atomic mass is 9.95. The van der Waals surface area contributed by atoms with Crippen LogP contribution in [0.15, 0.2) is 79.4 Å². The molecule has 0 saturated heterocycles. The maximum Gasteiger partial charge on any atom is 0.407 e. The van der Waals surface area contributed by atoms with E-state index >= 15 is 0 Å². The van der Waals surface area contributed by atoms with Gasteiger partial charge in [-0.15, -0.1) is 11.3 Å². The van der Waals surface area contributed by atoms with Gasteiger partial charge in [-0.2, -0.15) is 0 Å². The number of urea groups is 1. The highest BCUT2D eigenvalue weighted by Crippen LogP contribution is 2.22. The molecule has 0 aliphatic carbocycles. The molecule has 3 atom stereocenters. The molecule has 0 aliphatic heterocycles. The molecule has 4 rings (SSSR count). The quantitative estimate of drug-likeness (QED) is 0.104. The first-order chi connectivity index (χ1) is 23.6. The molecule has 4 N–H and O–H groups in total. The molecule has 0 spiro atoms. The van der Waals surface area contributed by atoms with Gasteiger partial charge >= 0.3 is 12.1 Å². The first-order valence-corrected chi connectivity index (χ1v) is 17.6. The molecule has 0 radical (unpaired) electrons. The second kappa shape index (κ2) is 18.7. The molecule has 0 saturated carbocycles. The van der Waals surface area contributed by atoms with Crippen molar-refractivity contribution < 1.29 is 19.1 Å². The number of carbonyl (C=O) groups is 3. The summed E-state index contributed by atoms with van der Waals surface area (Å²) in [5.74, 6) is -0.0755. The fourth-order valence-corrected chi connectivity index (χ4v) is 6.38. The van der Waals surface area contributed by atoms with Gasteiger partial charge in [0.2, 0.25) is 5.91 Å². The van der Waals surface area contributed by atoms with Crippen LogP contribution in [0.5, 0.6) is 0 Å². The molecule has 0 bridgehead atoms. The van der Waals surface area contributed by atoms with E-state index in [0.29, 0.717) is 43.8 Å². The van der Waals surface area contributed by atoms with Crippen LogP contribution < -0.4 is 16.0 Å². The van der Waals surface area contributed by atoms with Gasteiger partial charge in [0.1, 0.15) is 12.6 Å². The summed E-state index contributed by atoms with van der Waals surface area (Å²) in [4.78, 5) is 53.9. The zero-order valence-electron chi connectivity index (χ0n) is 29.0. The maximum atomic E-state index is 13.8. The van der Waals surface area contributed by atoms with Crippen LogP contribution in [0.3, 0.4) is 0 Å². The number of nitrogens with one attached hydrogen (secondary N) is 4. The zero-order valence-corrected chi connectivity index (χ0v) is 29.8. The minimum absolute atomic E-state index is 0.0806. The highest BCUT2D eigenvalue weighted by molar-refractivity contribution is 7.11. The van der Waals surface area contributed by atoms with Gasteiger partial charge in [-0.1, -0.05) is 88.4 Å². The molecule has 11 nitrogen and oxygen atoms in total. The fourth-order valence-electron chi connectivity index (χ4n) is 5.40. The summed E-state index contributed by atoms with van der Waals surface area (Å²) in [6.07, 6.45) is 6.79. The van der Waals surface area contributed by atoms with Gasteiger partial charge in [-0.3, -0.25) is 4.79 Å². The van der Waals surface area contributed by atoms with Crippen LogP contribution in [0.25, 0.3) is 0 Å². The number of amides is 4. The predicted octanol–water partition coefficient (Wildman–Crippen LogP) is 6.20. The summed E-state index contributed by atoms with van der Waals surface area (Å²) in [5, 5.41) is 10.3. The third-order valence-corrected chi connectivity index (χ3v) is 9.41. The second-order valence-electron chi connectivity index (χ2n) is 13.0. The number of thiazole rings is 1. The first-order valence-electron chi connectivity index (χ1n) is 16.8. The van der Waals surface area contributed by atoms with Crippen LogP contribution in [0.4, 0.5) is 9.59 Å². The number of hydrogen-bond donors (Lipinski definition) is 4. The van der Waals surface area contributed by atoms with Crippen LogP contribution in [0.1, 0.15) is 73.2 Å². The van der Waals surface area contributed by atoms with E-state index in [2.05, 4.69) is 44.7 Å². The monoisotopic (exact) mass is 687 g/mol. The van der Waals surface area contributed by atoms with Gasteiger partial charge < -0.3 is 30.6 Å². The topological polar surface area (TPSA) is 141 Å². The number of hydrogen-bond acceptors (Lipinski definition) is 7. The van der Waals surface area contributed by atoms with Crippen molar-refractivity contribution in [2.75, 3.05) is 7.05 Å². The molecule has 12 heteroatoms. The standard InChI is InChI=1S/C37H49N7O4S/c1-25(2)33(43-36(46)44(5)22-32-21-39-35(49-32)26(3)4)34(45)41-29(18-27-12-8-6-9-13-27)16-17-30(19-28-14-10-7-11-15-28)42-37(47)48-23-31-20-38-24-40-31/h6-15,20-21,24-26,29-30,33H,16-19,22-23H2,1-5H3,(H,38,40)(H,41,45)(H,42,47)(H,43,46)/t29-,30-,33+/m1/s1. The molecule has 2 aromatic heterocycles. The molecule has 262 valence electrons. The van der Waals surface area contributed by atoms with E-state index < -0.39 is 12.1 Å². The van der Waals surface area contributed by atoms with Crippen LogP contribution >= 0.6 is 11.3 Å². The van der Waals surface area contributed by atoms with Crippen molar-refractivity contribution in [1.29, 1.82) is 0 Å². The number of alkyl carbamates (subject to hydrolysis) is 1. The summed E-state index contributed by atoms with van der Waals surface area (Å²) >= 11 is 1.59. The lowest BCUT2D eigenvalue weighted by Crippen LogP contribution is -2.54. The van der Waals surface area contributed by atoms with E-state index in [1.54, 1.807) is 29.5 Å². The van der Waals surface area contributed by atoms with Gasteiger partial charge in [-0.25, -0.2) is 19.6 Å². The number of aromatic nitrogens is 3. The summed E-state index contributed by atoms with van der Waals surface area (Å²) in [7, 11) is 1.72. The number of benzene rings is 2. The molecule has 4 aromatic rings. The van der Waals surface area contributed by atoms with Crippen molar-refractivity contribution >= 4 is 29.4 Å². The molecule has 49 heavy (non-hydrogen) atoms. The van der Waals surface area contributed by atoms with Crippen molar-refractivity contribution in [2.45, 2.75) is 90.6 Å². The molecular weight excluding hydrogens is 639 g/mol. The Kier molecular flexibility index (Phi) is 14.2. The average Bonchev–Trinajstić information content (AvgIpc) is 3.78. The number of aromatic amines is 1. The smallest absolute Gasteiger partial charge is 0.407 e. The number of carbonyl (C=O) groups excluding carboxylic acids is 3. The SMILES string of the molecule is CC(C)c1ncc(CN(C)C(=O)N[C@H](C(=O)N[C@H](CC[C@H](Cc2ccccc2)NC(=O)OCc2cnc[nH]2)Cc2ccccc2)C(C)C)s1. The molecular formula is C37H49N7O4S. The number of H-pyrrole nitrogens is 1. The number of ether oxygens (including phenoxy) is 1. The van der Waals surface area contributed by atoms with Gasteiger partial charge in [-0.05, 0) is 42.7 Å².